The van der Waals surface area contributed by atoms with Gasteiger partial charge in [-0.3, -0.25) is 0 Å². The molecule has 2 N–H and O–H groups in total. The first kappa shape index (κ1) is 14.0. The summed E-state index contributed by atoms with van der Waals surface area (Å²) in [5.41, 5.74) is 0. The van der Waals surface area contributed by atoms with Crippen LogP contribution in [-0.4, -0.2) is 44.6 Å². The average Bonchev–Trinajstić information content (AvgIpc) is 2.37. The molecule has 96 valence electrons. The Hall–Kier alpha value is -1.10. The van der Waals surface area contributed by atoms with Gasteiger partial charge in [-0.25, -0.2) is 0 Å². The number of hydrogen-bond acceptors (Lipinski definition) is 4. The van der Waals surface area contributed by atoms with Gasteiger partial charge in [0.15, 0.2) is 0 Å². The third kappa shape index (κ3) is 6.94. The van der Waals surface area contributed by atoms with Crippen LogP contribution in [0.3, 0.4) is 0 Å². The van der Waals surface area contributed by atoms with Crippen LogP contribution in [0.4, 0.5) is 0 Å². The zero-order valence-electron chi connectivity index (χ0n) is 10.3. The maximum Gasteiger partial charge on any atom is 0.119 e. The zero-order valence-corrected chi connectivity index (χ0v) is 10.3. The lowest BCUT2D eigenvalue weighted by atomic mass is 10.3. The van der Waals surface area contributed by atoms with Crippen molar-refractivity contribution >= 4 is 0 Å². The van der Waals surface area contributed by atoms with E-state index in [9.17, 15) is 5.11 Å². The fraction of sp³-hybridized carbons (Fsp3) is 0.538. The second-order valence-electron chi connectivity index (χ2n) is 3.83. The summed E-state index contributed by atoms with van der Waals surface area (Å²) in [5.74, 6) is 0.783. The minimum Gasteiger partial charge on any atom is -0.491 e. The van der Waals surface area contributed by atoms with Crippen LogP contribution < -0.4 is 10.1 Å². The summed E-state index contributed by atoms with van der Waals surface area (Å²) >= 11 is 0. The highest BCUT2D eigenvalue weighted by molar-refractivity contribution is 5.20. The van der Waals surface area contributed by atoms with E-state index in [-0.39, 0.29) is 0 Å². The second-order valence-corrected chi connectivity index (χ2v) is 3.83. The number of aliphatic hydroxyl groups excluding tert-OH is 1. The van der Waals surface area contributed by atoms with Crippen molar-refractivity contribution in [2.45, 2.75) is 12.5 Å². The Labute approximate surface area is 103 Å². The molecule has 0 aliphatic heterocycles. The number of methoxy groups -OCH3 is 1. The third-order valence-electron chi connectivity index (χ3n) is 2.27. The molecule has 1 atom stereocenters. The Kier molecular flexibility index (Phi) is 7.38. The molecule has 1 aromatic rings. The average molecular weight is 239 g/mol. The van der Waals surface area contributed by atoms with Gasteiger partial charge in [-0.05, 0) is 25.1 Å². The molecule has 0 aliphatic rings. The van der Waals surface area contributed by atoms with Crippen molar-refractivity contribution in [3.63, 3.8) is 0 Å². The minimum absolute atomic E-state index is 0.307. The molecule has 4 heteroatoms. The second kappa shape index (κ2) is 8.98. The summed E-state index contributed by atoms with van der Waals surface area (Å²) in [6.45, 7) is 2.43. The van der Waals surface area contributed by atoms with E-state index in [0.717, 1.165) is 25.3 Å². The molecule has 0 aromatic heterocycles. The van der Waals surface area contributed by atoms with Gasteiger partial charge in [0, 0.05) is 20.3 Å². The molecule has 0 heterocycles. The highest BCUT2D eigenvalue weighted by Crippen LogP contribution is 2.08. The van der Waals surface area contributed by atoms with E-state index < -0.39 is 6.10 Å². The summed E-state index contributed by atoms with van der Waals surface area (Å²) in [5, 5.41) is 12.8. The van der Waals surface area contributed by atoms with Gasteiger partial charge in [0.25, 0.3) is 0 Å². The van der Waals surface area contributed by atoms with Crippen molar-refractivity contribution in [3.05, 3.63) is 30.3 Å². The summed E-state index contributed by atoms with van der Waals surface area (Å²) in [6, 6.07) is 9.49. The number of ether oxygens (including phenoxy) is 2. The van der Waals surface area contributed by atoms with E-state index in [2.05, 4.69) is 5.32 Å². The van der Waals surface area contributed by atoms with Crippen LogP contribution in [0.25, 0.3) is 0 Å². The molecule has 1 aromatic carbocycles. The Morgan fingerprint density at radius 2 is 2.06 bits per heavy atom. The van der Waals surface area contributed by atoms with Crippen molar-refractivity contribution in [1.29, 1.82) is 0 Å². The first-order valence-electron chi connectivity index (χ1n) is 5.88. The lowest BCUT2D eigenvalue weighted by Gasteiger charge is -2.13. The largest absolute Gasteiger partial charge is 0.491 e. The van der Waals surface area contributed by atoms with Gasteiger partial charge in [-0.1, -0.05) is 18.2 Å². The number of rotatable bonds is 9. The predicted octanol–water partition coefficient (Wildman–Crippen LogP) is 1.05. The zero-order chi connectivity index (χ0) is 12.3. The van der Waals surface area contributed by atoms with Crippen LogP contribution in [0, 0.1) is 0 Å². The molecule has 0 fully saturated rings. The standard InChI is InChI=1S/C13H21NO3/c1-16-9-5-8-14-10-12(15)11-17-13-6-3-2-4-7-13/h2-4,6-7,12,14-15H,5,8-11H2,1H3. The van der Waals surface area contributed by atoms with E-state index >= 15 is 0 Å². The smallest absolute Gasteiger partial charge is 0.119 e. The monoisotopic (exact) mass is 239 g/mol. The third-order valence-corrected chi connectivity index (χ3v) is 2.27. The van der Waals surface area contributed by atoms with Crippen LogP contribution >= 0.6 is 0 Å². The van der Waals surface area contributed by atoms with Crippen LogP contribution in [0.2, 0.25) is 0 Å². The predicted molar refractivity (Wildman–Crippen MR) is 67.3 cm³/mol. The van der Waals surface area contributed by atoms with Crippen molar-refractivity contribution in [2.75, 3.05) is 33.4 Å². The van der Waals surface area contributed by atoms with Gasteiger partial charge in [-0.2, -0.15) is 0 Å². The molecule has 0 aliphatic carbocycles. The van der Waals surface area contributed by atoms with Gasteiger partial charge in [0.05, 0.1) is 0 Å². The number of nitrogens with one attached hydrogen (secondary N) is 1. The van der Waals surface area contributed by atoms with Crippen LogP contribution in [0.1, 0.15) is 6.42 Å². The summed E-state index contributed by atoms with van der Waals surface area (Å²) in [4.78, 5) is 0. The molecule has 0 saturated carbocycles. The lowest BCUT2D eigenvalue weighted by molar-refractivity contribution is 0.105. The molecule has 0 amide bonds. The van der Waals surface area contributed by atoms with Crippen molar-refractivity contribution in [2.24, 2.45) is 0 Å². The van der Waals surface area contributed by atoms with E-state index in [1.807, 2.05) is 30.3 Å². The molecule has 4 nitrogen and oxygen atoms in total. The Morgan fingerprint density at radius 1 is 1.29 bits per heavy atom. The van der Waals surface area contributed by atoms with Crippen molar-refractivity contribution < 1.29 is 14.6 Å². The first-order chi connectivity index (χ1) is 8.33. The quantitative estimate of drug-likeness (QED) is 0.633. The normalized spacial score (nSPS) is 12.4. The van der Waals surface area contributed by atoms with E-state index in [0.29, 0.717) is 13.2 Å². The SMILES string of the molecule is COCCCNCC(O)COc1ccccc1. The minimum atomic E-state index is -0.488. The number of benzene rings is 1. The molecule has 0 radical (unpaired) electrons. The topological polar surface area (TPSA) is 50.7 Å². The highest BCUT2D eigenvalue weighted by atomic mass is 16.5. The van der Waals surface area contributed by atoms with Gasteiger partial charge in [-0.15, -0.1) is 0 Å². The van der Waals surface area contributed by atoms with Crippen LogP contribution in [0.5, 0.6) is 5.75 Å². The molecule has 1 unspecified atom stereocenters. The number of hydrogen-bond donors (Lipinski definition) is 2. The number of para-hydroxylation sites is 1. The maximum absolute atomic E-state index is 9.65. The fourth-order valence-electron chi connectivity index (χ4n) is 1.38. The van der Waals surface area contributed by atoms with Gasteiger partial charge in [0.2, 0.25) is 0 Å². The summed E-state index contributed by atoms with van der Waals surface area (Å²) < 4.78 is 10.4. The molecule has 0 bridgehead atoms. The fourth-order valence-corrected chi connectivity index (χ4v) is 1.38. The molecule has 17 heavy (non-hydrogen) atoms. The molecule has 0 saturated heterocycles. The maximum atomic E-state index is 9.65. The summed E-state index contributed by atoms with van der Waals surface area (Å²) in [7, 11) is 1.68. The van der Waals surface area contributed by atoms with Crippen molar-refractivity contribution in [1.82, 2.24) is 5.32 Å². The Morgan fingerprint density at radius 3 is 2.76 bits per heavy atom. The lowest BCUT2D eigenvalue weighted by Crippen LogP contribution is -2.32. The van der Waals surface area contributed by atoms with Gasteiger partial charge < -0.3 is 19.9 Å². The first-order valence-corrected chi connectivity index (χ1v) is 5.88. The van der Waals surface area contributed by atoms with E-state index in [1.54, 1.807) is 7.11 Å². The number of aliphatic hydroxyl groups is 1. The highest BCUT2D eigenvalue weighted by Gasteiger charge is 2.04. The Bertz CT molecular complexity index is 279. The molecular formula is C13H21NO3. The molecular weight excluding hydrogens is 218 g/mol. The molecule has 1 rings (SSSR count). The van der Waals surface area contributed by atoms with Gasteiger partial charge in [0.1, 0.15) is 18.5 Å². The van der Waals surface area contributed by atoms with Crippen LogP contribution in [-0.2, 0) is 4.74 Å². The van der Waals surface area contributed by atoms with Gasteiger partial charge >= 0.3 is 0 Å². The summed E-state index contributed by atoms with van der Waals surface area (Å²) in [6.07, 6.45) is 0.459. The van der Waals surface area contributed by atoms with E-state index in [1.165, 1.54) is 0 Å². The van der Waals surface area contributed by atoms with Crippen molar-refractivity contribution in [3.8, 4) is 5.75 Å². The Balaban J connectivity index is 2.03. The van der Waals surface area contributed by atoms with Crippen LogP contribution in [0.15, 0.2) is 30.3 Å². The van der Waals surface area contributed by atoms with E-state index in [4.69, 9.17) is 9.47 Å². The molecule has 0 spiro atoms.